The average Bonchev–Trinajstić information content (AvgIpc) is 2.61. The van der Waals surface area contributed by atoms with Crippen molar-refractivity contribution in [3.8, 4) is 11.5 Å². The third-order valence-electron chi connectivity index (χ3n) is 3.89. The standard InChI is InChI=1S/C18H19F2N3O2/c19-17(20)25-15-7-3-1-5-12(15)11-22-18(21)23-14-9-10-24-16-8-4-2-6-13(14)16/h1-8,14,17H,9-11H2,(H3,21,22,23). The van der Waals surface area contributed by atoms with E-state index < -0.39 is 6.61 Å². The van der Waals surface area contributed by atoms with E-state index in [1.807, 2.05) is 24.3 Å². The summed E-state index contributed by atoms with van der Waals surface area (Å²) in [4.78, 5) is 4.25. The Hall–Kier alpha value is -2.83. The molecule has 0 aromatic heterocycles. The average molecular weight is 347 g/mol. The van der Waals surface area contributed by atoms with Crippen LogP contribution in [0.3, 0.4) is 0 Å². The van der Waals surface area contributed by atoms with Gasteiger partial charge in [-0.15, -0.1) is 0 Å². The fourth-order valence-electron chi connectivity index (χ4n) is 2.73. The molecule has 2 aromatic carbocycles. The number of nitrogens with two attached hydrogens (primary N) is 1. The summed E-state index contributed by atoms with van der Waals surface area (Å²) in [5.74, 6) is 1.17. The predicted molar refractivity (Wildman–Crippen MR) is 90.8 cm³/mol. The molecule has 0 saturated carbocycles. The number of benzene rings is 2. The van der Waals surface area contributed by atoms with Crippen LogP contribution in [0.2, 0.25) is 0 Å². The van der Waals surface area contributed by atoms with E-state index in [4.69, 9.17) is 10.5 Å². The Bertz CT molecular complexity index is 753. The maximum atomic E-state index is 12.4. The molecule has 0 amide bonds. The number of ether oxygens (including phenoxy) is 2. The number of alkyl halides is 2. The van der Waals surface area contributed by atoms with E-state index in [0.717, 1.165) is 17.7 Å². The first-order chi connectivity index (χ1) is 12.1. The van der Waals surface area contributed by atoms with Crippen molar-refractivity contribution < 1.29 is 18.3 Å². The molecule has 7 heteroatoms. The Morgan fingerprint density at radius 3 is 2.84 bits per heavy atom. The first-order valence-corrected chi connectivity index (χ1v) is 7.94. The second kappa shape index (κ2) is 7.83. The summed E-state index contributed by atoms with van der Waals surface area (Å²) < 4.78 is 35.0. The topological polar surface area (TPSA) is 68.9 Å². The minimum absolute atomic E-state index is 0.00116. The highest BCUT2D eigenvalue weighted by Crippen LogP contribution is 2.31. The van der Waals surface area contributed by atoms with Crippen LogP contribution in [0.5, 0.6) is 11.5 Å². The van der Waals surface area contributed by atoms with Crippen molar-refractivity contribution in [3.63, 3.8) is 0 Å². The summed E-state index contributed by atoms with van der Waals surface area (Å²) in [5, 5.41) is 3.16. The van der Waals surface area contributed by atoms with Crippen molar-refractivity contribution >= 4 is 5.96 Å². The molecule has 3 rings (SSSR count). The van der Waals surface area contributed by atoms with Crippen LogP contribution in [-0.2, 0) is 6.54 Å². The number of nitrogens with zero attached hydrogens (tertiary/aromatic N) is 1. The minimum atomic E-state index is -2.88. The Morgan fingerprint density at radius 2 is 2.00 bits per heavy atom. The van der Waals surface area contributed by atoms with Crippen molar-refractivity contribution in [2.75, 3.05) is 6.61 Å². The van der Waals surface area contributed by atoms with Gasteiger partial charge in [-0.1, -0.05) is 36.4 Å². The SMILES string of the molecule is NC(=NCc1ccccc1OC(F)F)NC1CCOc2ccccc21. The number of hydrogen-bond donors (Lipinski definition) is 2. The number of aliphatic imine (C=N–C) groups is 1. The zero-order valence-corrected chi connectivity index (χ0v) is 13.5. The summed E-state index contributed by atoms with van der Waals surface area (Å²) in [6, 6.07) is 14.3. The molecule has 1 unspecified atom stereocenters. The zero-order chi connectivity index (χ0) is 17.6. The van der Waals surface area contributed by atoms with Crippen molar-refractivity contribution in [2.24, 2.45) is 10.7 Å². The molecule has 0 radical (unpaired) electrons. The highest BCUT2D eigenvalue weighted by Gasteiger charge is 2.21. The summed E-state index contributed by atoms with van der Waals surface area (Å²) in [5.41, 5.74) is 7.53. The molecule has 0 saturated heterocycles. The van der Waals surface area contributed by atoms with Crippen molar-refractivity contribution in [1.82, 2.24) is 5.32 Å². The lowest BCUT2D eigenvalue weighted by molar-refractivity contribution is -0.0504. The normalized spacial score (nSPS) is 16.9. The van der Waals surface area contributed by atoms with Crippen LogP contribution in [0.1, 0.15) is 23.6 Å². The molecule has 2 aromatic rings. The predicted octanol–water partition coefficient (Wildman–Crippen LogP) is 3.22. The van der Waals surface area contributed by atoms with Crippen LogP contribution < -0.4 is 20.5 Å². The highest BCUT2D eigenvalue weighted by atomic mass is 19.3. The van der Waals surface area contributed by atoms with E-state index in [1.54, 1.807) is 18.2 Å². The summed E-state index contributed by atoms with van der Waals surface area (Å²) in [6.07, 6.45) is 0.762. The largest absolute Gasteiger partial charge is 0.493 e. The Kier molecular flexibility index (Phi) is 5.33. The van der Waals surface area contributed by atoms with Gasteiger partial charge in [0.05, 0.1) is 19.2 Å². The molecule has 0 fully saturated rings. The first kappa shape index (κ1) is 17.0. The lowest BCUT2D eigenvalue weighted by Gasteiger charge is -2.26. The van der Waals surface area contributed by atoms with Gasteiger partial charge in [0.15, 0.2) is 5.96 Å². The molecule has 5 nitrogen and oxygen atoms in total. The maximum Gasteiger partial charge on any atom is 0.387 e. The van der Waals surface area contributed by atoms with Gasteiger partial charge >= 0.3 is 6.61 Å². The third kappa shape index (κ3) is 4.37. The Labute approximate surface area is 144 Å². The van der Waals surface area contributed by atoms with Gasteiger partial charge < -0.3 is 20.5 Å². The second-order valence-electron chi connectivity index (χ2n) is 5.56. The van der Waals surface area contributed by atoms with Crippen molar-refractivity contribution in [2.45, 2.75) is 25.6 Å². The molecule has 1 aliphatic rings. The molecule has 1 atom stereocenters. The van der Waals surface area contributed by atoms with Crippen LogP contribution in [0.15, 0.2) is 53.5 Å². The maximum absolute atomic E-state index is 12.4. The van der Waals surface area contributed by atoms with Crippen LogP contribution >= 0.6 is 0 Å². The molecule has 25 heavy (non-hydrogen) atoms. The molecule has 3 N–H and O–H groups in total. The number of halogens is 2. The number of nitrogens with one attached hydrogen (secondary N) is 1. The first-order valence-electron chi connectivity index (χ1n) is 7.94. The second-order valence-corrected chi connectivity index (χ2v) is 5.56. The van der Waals surface area contributed by atoms with E-state index in [-0.39, 0.29) is 24.3 Å². The molecule has 0 spiro atoms. The van der Waals surface area contributed by atoms with Gasteiger partial charge in [-0.05, 0) is 12.1 Å². The quantitative estimate of drug-likeness (QED) is 0.644. The lowest BCUT2D eigenvalue weighted by atomic mass is 10.0. The molecular formula is C18H19F2N3O2. The van der Waals surface area contributed by atoms with Gasteiger partial charge in [-0.2, -0.15) is 8.78 Å². The van der Waals surface area contributed by atoms with Gasteiger partial charge in [0.1, 0.15) is 11.5 Å². The van der Waals surface area contributed by atoms with Gasteiger partial charge in [-0.3, -0.25) is 0 Å². The van der Waals surface area contributed by atoms with Crippen LogP contribution in [0.4, 0.5) is 8.78 Å². The summed E-state index contributed by atoms with van der Waals surface area (Å²) >= 11 is 0. The number of guanidine groups is 1. The van der Waals surface area contributed by atoms with Crippen molar-refractivity contribution in [1.29, 1.82) is 0 Å². The van der Waals surface area contributed by atoms with E-state index in [1.165, 1.54) is 6.07 Å². The number of fused-ring (bicyclic) bond motifs is 1. The lowest BCUT2D eigenvalue weighted by Crippen LogP contribution is -2.37. The van der Waals surface area contributed by atoms with Gasteiger partial charge in [0.2, 0.25) is 0 Å². The molecule has 0 bridgehead atoms. The van der Waals surface area contributed by atoms with Crippen LogP contribution in [-0.4, -0.2) is 19.2 Å². The monoisotopic (exact) mass is 347 g/mol. The number of hydrogen-bond acceptors (Lipinski definition) is 3. The van der Waals surface area contributed by atoms with Gasteiger partial charge in [0.25, 0.3) is 0 Å². The smallest absolute Gasteiger partial charge is 0.387 e. The number of para-hydroxylation sites is 2. The summed E-state index contributed by atoms with van der Waals surface area (Å²) in [6.45, 7) is -2.14. The Morgan fingerprint density at radius 1 is 1.24 bits per heavy atom. The molecular weight excluding hydrogens is 328 g/mol. The van der Waals surface area contributed by atoms with E-state index in [2.05, 4.69) is 15.0 Å². The molecule has 0 aliphatic carbocycles. The van der Waals surface area contributed by atoms with Crippen LogP contribution in [0.25, 0.3) is 0 Å². The fourth-order valence-corrected chi connectivity index (χ4v) is 2.73. The fraction of sp³-hybridized carbons (Fsp3) is 0.278. The van der Waals surface area contributed by atoms with Crippen molar-refractivity contribution in [3.05, 3.63) is 59.7 Å². The zero-order valence-electron chi connectivity index (χ0n) is 13.5. The highest BCUT2D eigenvalue weighted by molar-refractivity contribution is 5.78. The molecule has 132 valence electrons. The van der Waals surface area contributed by atoms with Gasteiger partial charge in [0, 0.05) is 17.5 Å². The van der Waals surface area contributed by atoms with E-state index >= 15 is 0 Å². The van der Waals surface area contributed by atoms with E-state index in [9.17, 15) is 8.78 Å². The van der Waals surface area contributed by atoms with Crippen LogP contribution in [0, 0.1) is 0 Å². The molecule has 1 aliphatic heterocycles. The Balaban J connectivity index is 1.68. The van der Waals surface area contributed by atoms with Gasteiger partial charge in [-0.25, -0.2) is 4.99 Å². The third-order valence-corrected chi connectivity index (χ3v) is 3.89. The summed E-state index contributed by atoms with van der Waals surface area (Å²) in [7, 11) is 0. The molecule has 1 heterocycles. The number of rotatable bonds is 5. The van der Waals surface area contributed by atoms with E-state index in [0.29, 0.717) is 12.2 Å². The minimum Gasteiger partial charge on any atom is -0.493 e.